The van der Waals surface area contributed by atoms with Crippen LogP contribution in [0.2, 0.25) is 0 Å². The Hall–Kier alpha value is -0.0400. The zero-order valence-corrected chi connectivity index (χ0v) is 4.48. The summed E-state index contributed by atoms with van der Waals surface area (Å²) in [7, 11) is 0. The zero-order chi connectivity index (χ0) is 4.69. The molecule has 0 amide bonds. The van der Waals surface area contributed by atoms with Gasteiger partial charge in [0.1, 0.15) is 0 Å². The summed E-state index contributed by atoms with van der Waals surface area (Å²) >= 11 is 0. The van der Waals surface area contributed by atoms with Crippen molar-refractivity contribution >= 4 is 0 Å². The normalized spacial score (nSPS) is 48.0. The number of fused-ring (bicyclic) bond motifs is 1. The molecule has 1 aliphatic carbocycles. The maximum Gasteiger partial charge on any atom is 0.0224 e. The largest absolute Gasteiger partial charge is 0.308 e. The Morgan fingerprint density at radius 2 is 1.57 bits per heavy atom. The highest BCUT2D eigenvalue weighted by Crippen LogP contribution is 2.28. The Kier molecular flexibility index (Phi) is 0.680. The highest BCUT2D eigenvalue weighted by atomic mass is 15.1. The minimum absolute atomic E-state index is 0.953. The second kappa shape index (κ2) is 1.22. The lowest BCUT2D eigenvalue weighted by molar-refractivity contribution is 0.571. The summed E-state index contributed by atoms with van der Waals surface area (Å²) in [6.07, 6.45) is 5.83. The van der Waals surface area contributed by atoms with Gasteiger partial charge < -0.3 is 5.32 Å². The van der Waals surface area contributed by atoms with Crippen LogP contribution < -0.4 is 5.32 Å². The zero-order valence-electron chi connectivity index (χ0n) is 4.48. The number of nitrogens with one attached hydrogen (secondary N) is 1. The minimum atomic E-state index is 0.953. The predicted molar refractivity (Wildman–Crippen MR) is 29.2 cm³/mol. The molecule has 0 aromatic rings. The Bertz CT molecular complexity index is 70.2. The van der Waals surface area contributed by atoms with Crippen LogP contribution in [0, 0.1) is 0 Å². The molecule has 1 nitrogen and oxygen atoms in total. The van der Waals surface area contributed by atoms with E-state index in [0.29, 0.717) is 0 Å². The maximum atomic E-state index is 3.43. The summed E-state index contributed by atoms with van der Waals surface area (Å²) in [6, 6.07) is 1.91. The molecule has 7 heavy (non-hydrogen) atoms. The van der Waals surface area contributed by atoms with Gasteiger partial charge in [0, 0.05) is 12.1 Å². The molecule has 2 fully saturated rings. The van der Waals surface area contributed by atoms with E-state index in [0.717, 1.165) is 12.1 Å². The maximum absolute atomic E-state index is 3.43. The molecular formula is C6H11N. The van der Waals surface area contributed by atoms with E-state index in [2.05, 4.69) is 5.32 Å². The van der Waals surface area contributed by atoms with Crippen molar-refractivity contribution in [1.29, 1.82) is 0 Å². The molecule has 40 valence electrons. The van der Waals surface area contributed by atoms with Crippen molar-refractivity contribution < 1.29 is 0 Å². The highest BCUT2D eigenvalue weighted by molar-refractivity contribution is 4.99. The molecule has 1 saturated heterocycles. The molecule has 0 aromatic carbocycles. The van der Waals surface area contributed by atoms with Gasteiger partial charge in [0.25, 0.3) is 0 Å². The van der Waals surface area contributed by atoms with Gasteiger partial charge in [-0.3, -0.25) is 0 Å². The van der Waals surface area contributed by atoms with Gasteiger partial charge in [-0.25, -0.2) is 0 Å². The van der Waals surface area contributed by atoms with Gasteiger partial charge in [-0.2, -0.15) is 0 Å². The molecule has 1 aliphatic heterocycles. The summed E-state index contributed by atoms with van der Waals surface area (Å²) in [5.74, 6) is 0. The number of hydrogen-bond acceptors (Lipinski definition) is 1. The van der Waals surface area contributed by atoms with E-state index in [1.165, 1.54) is 25.7 Å². The van der Waals surface area contributed by atoms with E-state index >= 15 is 0 Å². The molecule has 1 heteroatoms. The average molecular weight is 97.2 g/mol. The molecule has 1 heterocycles. The molecule has 0 spiro atoms. The smallest absolute Gasteiger partial charge is 0.0224 e. The third-order valence-electron chi connectivity index (χ3n) is 2.08. The van der Waals surface area contributed by atoms with Crippen LogP contribution in [-0.4, -0.2) is 12.1 Å². The van der Waals surface area contributed by atoms with E-state index in [4.69, 9.17) is 0 Å². The molecule has 2 rings (SSSR count). The summed E-state index contributed by atoms with van der Waals surface area (Å²) in [5, 5.41) is 3.43. The van der Waals surface area contributed by atoms with Gasteiger partial charge in [0.15, 0.2) is 0 Å². The molecule has 0 unspecified atom stereocenters. The summed E-state index contributed by atoms with van der Waals surface area (Å²) in [4.78, 5) is 0. The molecule has 1 N–H and O–H groups in total. The second-order valence-electron chi connectivity index (χ2n) is 2.66. The van der Waals surface area contributed by atoms with Gasteiger partial charge in [0.05, 0.1) is 0 Å². The lowest BCUT2D eigenvalue weighted by Crippen LogP contribution is -2.00. The molecule has 0 aromatic heterocycles. The Morgan fingerprint density at radius 3 is 2.00 bits per heavy atom. The lowest BCUT2D eigenvalue weighted by atomic mass is 10.0. The van der Waals surface area contributed by atoms with Crippen LogP contribution in [0.25, 0.3) is 0 Å². The quantitative estimate of drug-likeness (QED) is 0.446. The second-order valence-corrected chi connectivity index (χ2v) is 2.66. The van der Waals surface area contributed by atoms with E-state index in [9.17, 15) is 0 Å². The Morgan fingerprint density at radius 1 is 1.00 bits per heavy atom. The van der Waals surface area contributed by atoms with Gasteiger partial charge in [-0.15, -0.1) is 0 Å². The van der Waals surface area contributed by atoms with Crippen LogP contribution in [0.3, 0.4) is 0 Å². The number of rotatable bonds is 0. The number of hydrogen-bond donors (Lipinski definition) is 1. The monoisotopic (exact) mass is 97.1 g/mol. The first-order valence-corrected chi connectivity index (χ1v) is 3.23. The van der Waals surface area contributed by atoms with Crippen molar-refractivity contribution in [2.45, 2.75) is 37.8 Å². The first-order valence-electron chi connectivity index (χ1n) is 3.23. The fraction of sp³-hybridized carbons (Fsp3) is 1.00. The van der Waals surface area contributed by atoms with Crippen LogP contribution in [-0.2, 0) is 0 Å². The van der Waals surface area contributed by atoms with Crippen molar-refractivity contribution in [2.75, 3.05) is 0 Å². The average Bonchev–Trinajstić information content (AvgIpc) is 2.41. The van der Waals surface area contributed by atoms with Crippen LogP contribution in [0.15, 0.2) is 0 Å². The molecule has 0 bridgehead atoms. The first-order chi connectivity index (χ1) is 3.47. The highest BCUT2D eigenvalue weighted by Gasteiger charge is 2.37. The third kappa shape index (κ3) is 0.556. The first kappa shape index (κ1) is 3.90. The molecule has 2 atom stereocenters. The minimum Gasteiger partial charge on any atom is -0.308 e. The van der Waals surface area contributed by atoms with Crippen LogP contribution >= 0.6 is 0 Å². The van der Waals surface area contributed by atoms with E-state index in [-0.39, 0.29) is 0 Å². The fourth-order valence-electron chi connectivity index (χ4n) is 1.52. The van der Waals surface area contributed by atoms with Crippen molar-refractivity contribution in [3.05, 3.63) is 0 Å². The van der Waals surface area contributed by atoms with E-state index < -0.39 is 0 Å². The van der Waals surface area contributed by atoms with Crippen LogP contribution in [0.4, 0.5) is 0 Å². The van der Waals surface area contributed by atoms with E-state index in [1.54, 1.807) is 0 Å². The fourth-order valence-corrected chi connectivity index (χ4v) is 1.52. The van der Waals surface area contributed by atoms with Gasteiger partial charge in [-0.05, 0) is 12.8 Å². The summed E-state index contributed by atoms with van der Waals surface area (Å²) in [5.41, 5.74) is 0. The molecular weight excluding hydrogens is 86.1 g/mol. The standard InChI is InChI=1S/C6H11N/c1-2-4-6-5(3-1)7-6/h5-7H,1-4H2/t5-,6-/m0/s1. The Labute approximate surface area is 44.1 Å². The van der Waals surface area contributed by atoms with Crippen LogP contribution in [0.1, 0.15) is 25.7 Å². The lowest BCUT2D eigenvalue weighted by Gasteiger charge is -2.02. The van der Waals surface area contributed by atoms with Crippen molar-refractivity contribution in [3.8, 4) is 0 Å². The van der Waals surface area contributed by atoms with Crippen molar-refractivity contribution in [1.82, 2.24) is 5.32 Å². The van der Waals surface area contributed by atoms with Crippen LogP contribution in [0.5, 0.6) is 0 Å². The van der Waals surface area contributed by atoms with Gasteiger partial charge in [-0.1, -0.05) is 12.8 Å². The summed E-state index contributed by atoms with van der Waals surface area (Å²) in [6.45, 7) is 0. The molecule has 2 aliphatic rings. The topological polar surface area (TPSA) is 21.9 Å². The summed E-state index contributed by atoms with van der Waals surface area (Å²) < 4.78 is 0. The van der Waals surface area contributed by atoms with E-state index in [1.807, 2.05) is 0 Å². The third-order valence-corrected chi connectivity index (χ3v) is 2.08. The van der Waals surface area contributed by atoms with Crippen molar-refractivity contribution in [3.63, 3.8) is 0 Å². The van der Waals surface area contributed by atoms with Gasteiger partial charge in [0.2, 0.25) is 0 Å². The molecule has 0 radical (unpaired) electrons. The predicted octanol–water partition coefficient (Wildman–Crippen LogP) is 0.901. The SMILES string of the molecule is C1CC[C@@H]2N[C@H]2C1. The molecule has 1 saturated carbocycles. The van der Waals surface area contributed by atoms with Gasteiger partial charge >= 0.3 is 0 Å². The Balaban J connectivity index is 1.95. The van der Waals surface area contributed by atoms with Crippen molar-refractivity contribution in [2.24, 2.45) is 0 Å².